The summed E-state index contributed by atoms with van der Waals surface area (Å²) >= 11 is 3.41. The molecule has 6 heteroatoms. The lowest BCUT2D eigenvalue weighted by Crippen LogP contribution is -2.29. The third-order valence-electron chi connectivity index (χ3n) is 5.11. The third-order valence-corrected chi connectivity index (χ3v) is 6.00. The van der Waals surface area contributed by atoms with Crippen LogP contribution in [0.5, 0.6) is 0 Å². The summed E-state index contributed by atoms with van der Waals surface area (Å²) in [5.74, 6) is -2.58. The van der Waals surface area contributed by atoms with E-state index in [0.29, 0.717) is 11.3 Å². The second kappa shape index (κ2) is 7.88. The molecule has 0 aromatic heterocycles. The van der Waals surface area contributed by atoms with E-state index in [2.05, 4.69) is 15.9 Å². The number of hydrogen-bond acceptors (Lipinski definition) is 3. The van der Waals surface area contributed by atoms with Crippen LogP contribution in [0.3, 0.4) is 0 Å². The fourth-order valence-corrected chi connectivity index (χ4v) is 3.87. The third kappa shape index (κ3) is 3.33. The molecule has 3 aromatic rings. The van der Waals surface area contributed by atoms with Crippen molar-refractivity contribution in [1.29, 1.82) is 0 Å². The van der Waals surface area contributed by atoms with Gasteiger partial charge < -0.3 is 5.11 Å². The van der Waals surface area contributed by atoms with Gasteiger partial charge in [-0.3, -0.25) is 14.5 Å². The second-order valence-corrected chi connectivity index (χ2v) is 7.84. The van der Waals surface area contributed by atoms with Crippen molar-refractivity contribution in [3.63, 3.8) is 0 Å². The van der Waals surface area contributed by atoms with Gasteiger partial charge in [-0.1, -0.05) is 58.4 Å². The number of para-hydroxylation sites is 1. The number of amides is 1. The number of carbonyl (C=O) groups excluding carboxylic acids is 2. The largest absolute Gasteiger partial charge is 0.507 e. The van der Waals surface area contributed by atoms with Crippen LogP contribution in [-0.4, -0.2) is 16.8 Å². The van der Waals surface area contributed by atoms with Crippen molar-refractivity contribution in [2.45, 2.75) is 13.0 Å². The molecule has 1 amide bonds. The van der Waals surface area contributed by atoms with Crippen LogP contribution in [0.4, 0.5) is 10.1 Å². The van der Waals surface area contributed by atoms with Crippen LogP contribution in [0, 0.1) is 12.7 Å². The van der Waals surface area contributed by atoms with E-state index in [-0.39, 0.29) is 16.9 Å². The zero-order valence-electron chi connectivity index (χ0n) is 16.0. The van der Waals surface area contributed by atoms with E-state index in [4.69, 9.17) is 0 Å². The minimum absolute atomic E-state index is 0.135. The van der Waals surface area contributed by atoms with Gasteiger partial charge in [0.1, 0.15) is 11.6 Å². The van der Waals surface area contributed by atoms with Crippen molar-refractivity contribution in [2.24, 2.45) is 0 Å². The van der Waals surface area contributed by atoms with E-state index in [1.54, 1.807) is 54.6 Å². The van der Waals surface area contributed by atoms with Crippen LogP contribution in [0.2, 0.25) is 0 Å². The Morgan fingerprint density at radius 2 is 1.67 bits per heavy atom. The van der Waals surface area contributed by atoms with Crippen molar-refractivity contribution in [3.8, 4) is 0 Å². The quantitative estimate of drug-likeness (QED) is 0.314. The summed E-state index contributed by atoms with van der Waals surface area (Å²) in [5, 5.41) is 11.1. The van der Waals surface area contributed by atoms with Crippen LogP contribution in [0.25, 0.3) is 5.76 Å². The predicted molar refractivity (Wildman–Crippen MR) is 117 cm³/mol. The van der Waals surface area contributed by atoms with Crippen molar-refractivity contribution < 1.29 is 19.1 Å². The smallest absolute Gasteiger partial charge is 0.300 e. The molecule has 1 N–H and O–H groups in total. The molecule has 0 spiro atoms. The number of nitrogens with zero attached hydrogens (tertiary/aromatic N) is 1. The van der Waals surface area contributed by atoms with Crippen molar-refractivity contribution in [1.82, 2.24) is 0 Å². The van der Waals surface area contributed by atoms with Crippen molar-refractivity contribution in [3.05, 3.63) is 105 Å². The molecular weight excluding hydrogens is 449 g/mol. The number of aliphatic hydroxyl groups excluding tert-OH is 1. The van der Waals surface area contributed by atoms with E-state index < -0.39 is 23.5 Å². The second-order valence-electron chi connectivity index (χ2n) is 6.99. The minimum Gasteiger partial charge on any atom is -0.507 e. The molecule has 1 atom stereocenters. The normalized spacial score (nSPS) is 18.1. The minimum atomic E-state index is -1.09. The van der Waals surface area contributed by atoms with Crippen LogP contribution >= 0.6 is 15.9 Å². The first-order valence-corrected chi connectivity index (χ1v) is 10.1. The predicted octanol–water partition coefficient (Wildman–Crippen LogP) is 5.52. The highest BCUT2D eigenvalue weighted by atomic mass is 79.9. The van der Waals surface area contributed by atoms with Gasteiger partial charge in [-0.2, -0.15) is 0 Å². The number of rotatable bonds is 3. The lowest BCUT2D eigenvalue weighted by atomic mass is 9.94. The van der Waals surface area contributed by atoms with Crippen LogP contribution in [-0.2, 0) is 9.59 Å². The summed E-state index contributed by atoms with van der Waals surface area (Å²) in [6.07, 6.45) is 0. The van der Waals surface area contributed by atoms with Gasteiger partial charge in [0, 0.05) is 21.3 Å². The standard InChI is InChI=1S/C24H17BrFNO3/c1-14-13-15(11-12-18(14)25)22(28)20-21(17-9-5-6-10-19(17)26)27(24(30)23(20)29)16-7-3-2-4-8-16/h2-13,21,28H,1H3/b22-20+. The lowest BCUT2D eigenvalue weighted by molar-refractivity contribution is -0.132. The first kappa shape index (κ1) is 20.0. The number of aliphatic hydroxyl groups is 1. The molecule has 1 fully saturated rings. The van der Waals surface area contributed by atoms with E-state index in [1.165, 1.54) is 23.1 Å². The van der Waals surface area contributed by atoms with E-state index in [9.17, 15) is 19.1 Å². The Labute approximate surface area is 181 Å². The van der Waals surface area contributed by atoms with Gasteiger partial charge in [0.25, 0.3) is 11.7 Å². The summed E-state index contributed by atoms with van der Waals surface area (Å²) in [4.78, 5) is 27.2. The van der Waals surface area contributed by atoms with Gasteiger partial charge in [-0.25, -0.2) is 4.39 Å². The van der Waals surface area contributed by atoms with Crippen LogP contribution < -0.4 is 4.90 Å². The summed E-state index contributed by atoms with van der Waals surface area (Å²) in [6.45, 7) is 1.85. The Balaban J connectivity index is 1.98. The number of carbonyl (C=O) groups is 2. The Hall–Kier alpha value is -3.25. The fraction of sp³-hybridized carbons (Fsp3) is 0.0833. The zero-order valence-corrected chi connectivity index (χ0v) is 17.6. The average molecular weight is 466 g/mol. The number of Topliss-reactive ketones (excluding diaryl/α,β-unsaturated/α-hetero) is 1. The first-order chi connectivity index (χ1) is 14.4. The van der Waals surface area contributed by atoms with Gasteiger partial charge in [0.2, 0.25) is 0 Å². The van der Waals surface area contributed by atoms with Gasteiger partial charge in [-0.05, 0) is 42.8 Å². The average Bonchev–Trinajstić information content (AvgIpc) is 3.01. The summed E-state index contributed by atoms with van der Waals surface area (Å²) in [5.41, 5.74) is 1.66. The molecule has 1 unspecified atom stereocenters. The molecule has 1 heterocycles. The Morgan fingerprint density at radius 1 is 1.00 bits per heavy atom. The molecule has 1 aliphatic rings. The highest BCUT2D eigenvalue weighted by molar-refractivity contribution is 9.10. The number of anilines is 1. The maximum Gasteiger partial charge on any atom is 0.300 e. The number of hydrogen-bond donors (Lipinski definition) is 1. The fourth-order valence-electron chi connectivity index (χ4n) is 3.63. The molecule has 0 saturated carbocycles. The molecule has 150 valence electrons. The SMILES string of the molecule is Cc1cc(/C(O)=C2\C(=O)C(=O)N(c3ccccc3)C2c2ccccc2F)ccc1Br. The molecule has 30 heavy (non-hydrogen) atoms. The van der Waals surface area contributed by atoms with Gasteiger partial charge in [0.15, 0.2) is 0 Å². The van der Waals surface area contributed by atoms with Crippen molar-refractivity contribution in [2.75, 3.05) is 4.90 Å². The molecule has 0 bridgehead atoms. The maximum absolute atomic E-state index is 14.8. The number of benzene rings is 3. The van der Waals surface area contributed by atoms with Gasteiger partial charge >= 0.3 is 0 Å². The number of ketones is 1. The Kier molecular flexibility index (Phi) is 5.26. The van der Waals surface area contributed by atoms with E-state index >= 15 is 0 Å². The number of halogens is 2. The maximum atomic E-state index is 14.8. The Morgan fingerprint density at radius 3 is 2.33 bits per heavy atom. The molecular formula is C24H17BrFNO3. The van der Waals surface area contributed by atoms with E-state index in [0.717, 1.165) is 10.0 Å². The molecule has 3 aromatic carbocycles. The van der Waals surface area contributed by atoms with Gasteiger partial charge in [0.05, 0.1) is 11.6 Å². The zero-order chi connectivity index (χ0) is 21.4. The molecule has 4 nitrogen and oxygen atoms in total. The molecule has 1 saturated heterocycles. The highest BCUT2D eigenvalue weighted by Crippen LogP contribution is 2.43. The topological polar surface area (TPSA) is 57.6 Å². The van der Waals surface area contributed by atoms with Crippen molar-refractivity contribution >= 4 is 39.1 Å². The van der Waals surface area contributed by atoms with Crippen LogP contribution in [0.1, 0.15) is 22.7 Å². The first-order valence-electron chi connectivity index (χ1n) is 9.27. The molecule has 1 aliphatic heterocycles. The summed E-state index contributed by atoms with van der Waals surface area (Å²) in [6, 6.07) is 18.5. The van der Waals surface area contributed by atoms with E-state index in [1.807, 2.05) is 6.92 Å². The highest BCUT2D eigenvalue weighted by Gasteiger charge is 2.47. The molecule has 0 radical (unpaired) electrons. The van der Waals surface area contributed by atoms with Crippen LogP contribution in [0.15, 0.2) is 82.8 Å². The summed E-state index contributed by atoms with van der Waals surface area (Å²) < 4.78 is 15.6. The Bertz CT molecular complexity index is 1190. The monoisotopic (exact) mass is 465 g/mol. The number of aryl methyl sites for hydroxylation is 1. The molecule has 4 rings (SSSR count). The molecule has 0 aliphatic carbocycles. The lowest BCUT2D eigenvalue weighted by Gasteiger charge is -2.25. The van der Waals surface area contributed by atoms with Gasteiger partial charge in [-0.15, -0.1) is 0 Å². The summed E-state index contributed by atoms with van der Waals surface area (Å²) in [7, 11) is 0.